The van der Waals surface area contributed by atoms with Gasteiger partial charge in [-0.3, -0.25) is 9.59 Å². The van der Waals surface area contributed by atoms with Crippen molar-refractivity contribution >= 4 is 100 Å². The number of nitrogens with zero attached hydrogens (tertiary/aromatic N) is 4. The lowest BCUT2D eigenvalue weighted by Gasteiger charge is -2.35. The number of benzene rings is 7. The Hall–Kier alpha value is -10.7. The van der Waals surface area contributed by atoms with E-state index in [-0.39, 0.29) is 41.4 Å². The van der Waals surface area contributed by atoms with Gasteiger partial charge >= 0.3 is 0 Å². The smallest absolute Gasteiger partial charge is 0.270 e. The molecule has 0 saturated heterocycles. The minimum absolute atomic E-state index is 0.121. The molecule has 121 heavy (non-hydrogen) atoms. The Kier molecular flexibility index (Phi) is 27.2. The normalized spacial score (nSPS) is 15.8. The Morgan fingerprint density at radius 1 is 0.438 bits per heavy atom. The Balaban J connectivity index is 1.10. The van der Waals surface area contributed by atoms with Crippen molar-refractivity contribution in [3.63, 3.8) is 0 Å². The number of fused-ring (bicyclic) bond motifs is 12. The number of hydrogen-bond donors (Lipinski definition) is 0. The summed E-state index contributed by atoms with van der Waals surface area (Å²) in [6, 6.07) is 61.7. The summed E-state index contributed by atoms with van der Waals surface area (Å²) in [5.74, 6) is 4.31. The Morgan fingerprint density at radius 2 is 0.777 bits per heavy atom. The zero-order chi connectivity index (χ0) is 84.3. The van der Waals surface area contributed by atoms with E-state index in [1.165, 1.54) is 47.9 Å². The van der Waals surface area contributed by atoms with Gasteiger partial charge in [-0.05, 0) is 161 Å². The number of allylic oxidation sites excluding steroid dienone is 6. The first kappa shape index (κ1) is 85.3. The van der Waals surface area contributed by atoms with Crippen molar-refractivity contribution in [2.75, 3.05) is 13.2 Å². The van der Waals surface area contributed by atoms with Crippen molar-refractivity contribution in [2.45, 2.75) is 226 Å². The van der Waals surface area contributed by atoms with Crippen molar-refractivity contribution in [3.8, 4) is 55.5 Å². The monoisotopic (exact) mass is 1660 g/mol. The number of ether oxygens (including phenoxy) is 2. The van der Waals surface area contributed by atoms with Crippen LogP contribution in [0.4, 0.5) is 0 Å². The molecule has 2 atom stereocenters. The van der Waals surface area contributed by atoms with Crippen LogP contribution in [0, 0.1) is 60.0 Å². The predicted molar refractivity (Wildman–Crippen MR) is 506 cm³/mol. The second-order valence-electron chi connectivity index (χ2n) is 33.6. The SMILES string of the molecule is [C-]#[N+]/C(C#N)=C1\C(=C\c2cc3c(s2)-c2sc4c(OCC(C#C)CCCC)c5c6c(sc5c(OCC(C)CCCC)c4c2C3(c2ccc(CCCCCC)cc2)c2ccc(CCCCCC)cc2)-c2sc(/C=C3\C(=O)c4ccccc4\C3=C(\C#N)[N+]#[C-])cc2C6(c2ccc(CCCCCC)cc2)c2ccc(CCCCCC)cc2)C(=O)c2ccccc21. The molecule has 0 saturated carbocycles. The van der Waals surface area contributed by atoms with Crippen molar-refractivity contribution in [1.29, 1.82) is 10.5 Å². The molecule has 4 heterocycles. The summed E-state index contributed by atoms with van der Waals surface area (Å²) in [6.45, 7) is 33.3. The molecule has 0 spiro atoms. The number of carbonyl (C=O) groups excluding carboxylic acids is 2. The fraction of sp³-hybridized carbons (Fsp3) is 0.358. The summed E-state index contributed by atoms with van der Waals surface area (Å²) < 4.78 is 18.1. The molecule has 4 aromatic heterocycles. The first-order chi connectivity index (χ1) is 59.3. The third kappa shape index (κ3) is 16.1. The van der Waals surface area contributed by atoms with Crippen LogP contribution in [0.15, 0.2) is 180 Å². The lowest BCUT2D eigenvalue weighted by atomic mass is 9.66. The van der Waals surface area contributed by atoms with Crippen molar-refractivity contribution in [2.24, 2.45) is 11.8 Å². The molecule has 0 fully saturated rings. The maximum Gasteiger partial charge on any atom is 0.270 e. The Morgan fingerprint density at radius 3 is 1.11 bits per heavy atom. The number of terminal acetylenes is 1. The highest BCUT2D eigenvalue weighted by Crippen LogP contribution is 2.71. The van der Waals surface area contributed by atoms with E-state index in [2.05, 4.69) is 185 Å². The van der Waals surface area contributed by atoms with Gasteiger partial charge in [-0.1, -0.05) is 303 Å². The van der Waals surface area contributed by atoms with E-state index in [4.69, 9.17) is 29.0 Å². The molecular formula is C109H108N4O4S4. The molecule has 8 nitrogen and oxygen atoms in total. The van der Waals surface area contributed by atoms with E-state index in [0.29, 0.717) is 51.2 Å². The average Bonchev–Trinajstić information content (AvgIpc) is 1.49. The first-order valence-electron chi connectivity index (χ1n) is 44.6. The zero-order valence-electron chi connectivity index (χ0n) is 71.3. The number of nitriles is 2. The predicted octanol–water partition coefficient (Wildman–Crippen LogP) is 30.3. The largest absolute Gasteiger partial charge is 0.491 e. The van der Waals surface area contributed by atoms with Crippen molar-refractivity contribution < 1.29 is 19.1 Å². The van der Waals surface area contributed by atoms with Crippen LogP contribution in [0.1, 0.15) is 298 Å². The molecule has 0 amide bonds. The van der Waals surface area contributed by atoms with Gasteiger partial charge < -0.3 is 9.47 Å². The van der Waals surface area contributed by atoms with Crippen LogP contribution in [0.3, 0.4) is 0 Å². The van der Waals surface area contributed by atoms with Gasteiger partial charge in [0.15, 0.2) is 11.6 Å². The van der Waals surface area contributed by atoms with Crippen LogP contribution in [0.2, 0.25) is 0 Å². The van der Waals surface area contributed by atoms with Gasteiger partial charge in [0.1, 0.15) is 18.1 Å². The summed E-state index contributed by atoms with van der Waals surface area (Å²) in [6.07, 6.45) is 38.6. The molecule has 612 valence electrons. The van der Waals surface area contributed by atoms with E-state index >= 15 is 9.59 Å². The number of ketones is 2. The van der Waals surface area contributed by atoms with Crippen LogP contribution < -0.4 is 9.47 Å². The molecule has 0 N–H and O–H groups in total. The van der Waals surface area contributed by atoms with E-state index < -0.39 is 10.8 Å². The molecule has 4 aliphatic carbocycles. The lowest BCUT2D eigenvalue weighted by Crippen LogP contribution is -2.29. The van der Waals surface area contributed by atoms with Crippen LogP contribution in [-0.2, 0) is 36.5 Å². The molecule has 0 aliphatic heterocycles. The molecule has 4 aliphatic rings. The summed E-state index contributed by atoms with van der Waals surface area (Å²) in [4.78, 5) is 43.8. The van der Waals surface area contributed by atoms with Gasteiger partial charge in [0, 0.05) is 65.1 Å². The van der Waals surface area contributed by atoms with Crippen LogP contribution >= 0.6 is 45.3 Å². The topological polar surface area (TPSA) is 109 Å². The summed E-state index contributed by atoms with van der Waals surface area (Å²) >= 11 is 6.85. The quantitative estimate of drug-likeness (QED) is 0.0125. The second kappa shape index (κ2) is 38.6. The fourth-order valence-electron chi connectivity index (χ4n) is 19.2. The van der Waals surface area contributed by atoms with Crippen LogP contribution in [0.5, 0.6) is 11.5 Å². The van der Waals surface area contributed by atoms with Gasteiger partial charge in [-0.15, -0.1) is 51.8 Å². The summed E-state index contributed by atoms with van der Waals surface area (Å²) in [5.41, 5.74) is 15.1. The van der Waals surface area contributed by atoms with E-state index in [0.717, 1.165) is 247 Å². The van der Waals surface area contributed by atoms with Gasteiger partial charge in [0.05, 0.1) is 77.5 Å². The highest BCUT2D eigenvalue weighted by Gasteiger charge is 2.55. The number of hydrogen-bond acceptors (Lipinski definition) is 10. The van der Waals surface area contributed by atoms with Gasteiger partial charge in [0.2, 0.25) is 0 Å². The number of aryl methyl sites for hydroxylation is 4. The Labute approximate surface area is 733 Å². The number of Topliss-reactive ketones (excluding diaryl/α,β-unsaturated/α-hetero) is 2. The third-order valence-electron chi connectivity index (χ3n) is 25.5. The van der Waals surface area contributed by atoms with E-state index in [9.17, 15) is 10.5 Å². The second-order valence-corrected chi connectivity index (χ2v) is 37.8. The number of carbonyl (C=O) groups is 2. The summed E-state index contributed by atoms with van der Waals surface area (Å²) in [7, 11) is 0. The average molecular weight is 1670 g/mol. The highest BCUT2D eigenvalue weighted by atomic mass is 32.1. The molecule has 2 unspecified atom stereocenters. The first-order valence-corrected chi connectivity index (χ1v) is 47.8. The molecule has 0 bridgehead atoms. The minimum Gasteiger partial charge on any atom is -0.491 e. The maximum absolute atomic E-state index is 15.1. The standard InChI is InChI=1S/C109H108N4O4S4/c1-11-18-24-28-38-72-46-54-76(55-47-72)108(77-56-48-73(49-57-77)39-29-25-19-12-2)88-64-80(62-86-92(90(66-110)112-9)82-42-32-34-44-84(82)98(86)114)118-102(88)106-96(108)94-100(116-68-70(8)36-22-15-5)104-95(101(105(94)121-106)117-69-71(17-7)37-23-16-6)97-107(120-104)103-89(65-81(119-103)63-87-93(91(67-111)113-10)83-43-33-35-45-85(83)99(87)115)109(97,78-58-50-74(51-59-78)40-30-26-20-13-3)79-60-52-75(53-61-79)41-31-27-21-14-4/h7,32-35,42-65,70-71H,11-16,18-31,36-41,68-69H2,1-6,8H3/b86-62-,87-63-,92-90-,93-91+. The molecule has 11 aromatic rings. The maximum atomic E-state index is 15.1. The molecule has 12 heteroatoms. The van der Waals surface area contributed by atoms with Crippen molar-refractivity contribution in [3.05, 3.63) is 302 Å². The molecular weight excluding hydrogens is 1560 g/mol. The van der Waals surface area contributed by atoms with Gasteiger partial charge in [-0.25, -0.2) is 20.2 Å². The molecule has 7 aromatic carbocycles. The van der Waals surface area contributed by atoms with E-state index in [1.54, 1.807) is 57.5 Å². The third-order valence-corrected chi connectivity index (χ3v) is 30.4. The number of rotatable bonds is 38. The van der Waals surface area contributed by atoms with Crippen LogP contribution in [0.25, 0.3) is 72.7 Å². The van der Waals surface area contributed by atoms with Crippen molar-refractivity contribution in [1.82, 2.24) is 0 Å². The Bertz CT molecular complexity index is 5800. The lowest BCUT2D eigenvalue weighted by molar-refractivity contribution is 0.103. The van der Waals surface area contributed by atoms with Crippen LogP contribution in [-0.4, -0.2) is 24.8 Å². The molecule has 0 radical (unpaired) electrons. The number of thiophene rings is 4. The van der Waals surface area contributed by atoms with E-state index in [1.807, 2.05) is 48.6 Å². The van der Waals surface area contributed by atoms with Gasteiger partial charge in [-0.2, -0.15) is 0 Å². The summed E-state index contributed by atoms with van der Waals surface area (Å²) in [5, 5.41) is 23.4. The zero-order valence-corrected chi connectivity index (χ0v) is 74.5. The van der Waals surface area contributed by atoms with Gasteiger partial charge in [0.25, 0.3) is 11.4 Å². The molecule has 15 rings (SSSR count). The fourth-order valence-corrected chi connectivity index (χ4v) is 24.5. The number of unbranched alkanes of at least 4 members (excludes halogenated alkanes) is 14. The highest BCUT2D eigenvalue weighted by molar-refractivity contribution is 7.29. The minimum atomic E-state index is -1.04.